The first-order valence-corrected chi connectivity index (χ1v) is 10.7. The first-order valence-electron chi connectivity index (χ1n) is 10.7. The predicted octanol–water partition coefficient (Wildman–Crippen LogP) is 2.47. The van der Waals surface area contributed by atoms with Crippen molar-refractivity contribution in [2.24, 2.45) is 5.92 Å². The maximum absolute atomic E-state index is 13.1. The summed E-state index contributed by atoms with van der Waals surface area (Å²) < 4.78 is 5.55. The van der Waals surface area contributed by atoms with Crippen LogP contribution < -0.4 is 25.8 Å². The van der Waals surface area contributed by atoms with E-state index in [1.54, 1.807) is 18.2 Å². The molecule has 9 nitrogen and oxygen atoms in total. The highest BCUT2D eigenvalue weighted by molar-refractivity contribution is 6.04. The number of benzene rings is 1. The van der Waals surface area contributed by atoms with Crippen molar-refractivity contribution >= 4 is 29.3 Å². The Balaban J connectivity index is 1.64. The van der Waals surface area contributed by atoms with Gasteiger partial charge >= 0.3 is 0 Å². The zero-order chi connectivity index (χ0) is 22.0. The van der Waals surface area contributed by atoms with E-state index in [0.29, 0.717) is 29.9 Å². The first-order chi connectivity index (χ1) is 15.0. The molecule has 0 bridgehead atoms. The number of aromatic amines is 1. The Hall–Kier alpha value is -3.36. The number of rotatable bonds is 5. The topological polar surface area (TPSA) is 116 Å². The van der Waals surface area contributed by atoms with Gasteiger partial charge in [-0.25, -0.2) is 0 Å². The standard InChI is InChI=1S/C22H27N5O4/c1-3-31-16-9-5-4-8-15(16)23-20(29)14-11-17(28)24-19-18(14)21(30)26-22(25-19)27-10-6-7-13(2)12-27/h4-5,8-9,13-14H,3,6-7,10-12H2,1-2H3,(H,23,29)(H2,24,25,26,28,30)/t13-,14-/m0/s1. The molecule has 0 radical (unpaired) electrons. The normalized spacial score (nSPS) is 20.6. The van der Waals surface area contributed by atoms with Crippen LogP contribution >= 0.6 is 0 Å². The largest absolute Gasteiger partial charge is 0.492 e. The van der Waals surface area contributed by atoms with Gasteiger partial charge in [0.05, 0.1) is 23.8 Å². The molecular formula is C22H27N5O4. The highest BCUT2D eigenvalue weighted by atomic mass is 16.5. The van der Waals surface area contributed by atoms with Gasteiger partial charge in [-0.15, -0.1) is 0 Å². The third-order valence-corrected chi connectivity index (χ3v) is 5.66. The Morgan fingerprint density at radius 1 is 1.32 bits per heavy atom. The molecule has 31 heavy (non-hydrogen) atoms. The third-order valence-electron chi connectivity index (χ3n) is 5.66. The Morgan fingerprint density at radius 2 is 2.13 bits per heavy atom. The van der Waals surface area contributed by atoms with Crippen LogP contribution in [0.2, 0.25) is 0 Å². The summed E-state index contributed by atoms with van der Waals surface area (Å²) in [6.45, 7) is 6.03. The molecule has 1 aromatic heterocycles. The molecule has 164 valence electrons. The number of aromatic nitrogens is 2. The zero-order valence-electron chi connectivity index (χ0n) is 17.7. The lowest BCUT2D eigenvalue weighted by molar-refractivity contribution is -0.123. The van der Waals surface area contributed by atoms with Crippen LogP contribution in [0.5, 0.6) is 5.75 Å². The lowest BCUT2D eigenvalue weighted by atomic mass is 9.92. The fourth-order valence-corrected chi connectivity index (χ4v) is 4.19. The number of carbonyl (C=O) groups excluding carboxylic acids is 2. The molecule has 1 fully saturated rings. The SMILES string of the molecule is CCOc1ccccc1NC(=O)[C@H]1CC(=O)Nc2nc(N3CCC[C@H](C)C3)[nH]c(=O)c21. The van der Waals surface area contributed by atoms with Gasteiger partial charge in [-0.05, 0) is 37.8 Å². The molecule has 0 spiro atoms. The van der Waals surface area contributed by atoms with E-state index in [2.05, 4.69) is 27.5 Å². The van der Waals surface area contributed by atoms with E-state index in [0.717, 1.165) is 25.9 Å². The molecular weight excluding hydrogens is 398 g/mol. The zero-order valence-corrected chi connectivity index (χ0v) is 17.7. The van der Waals surface area contributed by atoms with E-state index in [4.69, 9.17) is 4.74 Å². The maximum Gasteiger partial charge on any atom is 0.258 e. The summed E-state index contributed by atoms with van der Waals surface area (Å²) >= 11 is 0. The summed E-state index contributed by atoms with van der Waals surface area (Å²) in [4.78, 5) is 47.7. The number of para-hydroxylation sites is 2. The number of hydrogen-bond acceptors (Lipinski definition) is 6. The molecule has 2 amide bonds. The molecule has 3 N–H and O–H groups in total. The van der Waals surface area contributed by atoms with Gasteiger partial charge in [0, 0.05) is 19.5 Å². The van der Waals surface area contributed by atoms with Crippen molar-refractivity contribution in [3.63, 3.8) is 0 Å². The van der Waals surface area contributed by atoms with Crippen LogP contribution in [0.1, 0.15) is 44.6 Å². The van der Waals surface area contributed by atoms with E-state index < -0.39 is 17.4 Å². The molecule has 4 rings (SSSR count). The molecule has 1 aromatic carbocycles. The molecule has 3 heterocycles. The van der Waals surface area contributed by atoms with E-state index >= 15 is 0 Å². The summed E-state index contributed by atoms with van der Waals surface area (Å²) in [6, 6.07) is 7.05. The summed E-state index contributed by atoms with van der Waals surface area (Å²) in [6.07, 6.45) is 2.02. The van der Waals surface area contributed by atoms with Crippen LogP contribution in [0, 0.1) is 5.92 Å². The molecule has 2 atom stereocenters. The highest BCUT2D eigenvalue weighted by Gasteiger charge is 2.35. The third kappa shape index (κ3) is 4.40. The quantitative estimate of drug-likeness (QED) is 0.678. The minimum Gasteiger partial charge on any atom is -0.492 e. The fraction of sp³-hybridized carbons (Fsp3) is 0.455. The van der Waals surface area contributed by atoms with E-state index in [9.17, 15) is 14.4 Å². The van der Waals surface area contributed by atoms with E-state index in [1.165, 1.54) is 0 Å². The number of nitrogens with one attached hydrogen (secondary N) is 3. The van der Waals surface area contributed by atoms with E-state index in [1.807, 2.05) is 17.9 Å². The van der Waals surface area contributed by atoms with Gasteiger partial charge < -0.3 is 20.3 Å². The molecule has 2 aliphatic rings. The summed E-state index contributed by atoms with van der Waals surface area (Å²) in [5.41, 5.74) is 0.265. The second-order valence-corrected chi connectivity index (χ2v) is 8.07. The molecule has 9 heteroatoms. The second kappa shape index (κ2) is 8.79. The van der Waals surface area contributed by atoms with Crippen LogP contribution in [0.15, 0.2) is 29.1 Å². The minimum atomic E-state index is -0.941. The van der Waals surface area contributed by atoms with Crippen molar-refractivity contribution in [2.75, 3.05) is 35.2 Å². The highest BCUT2D eigenvalue weighted by Crippen LogP contribution is 2.32. The van der Waals surface area contributed by atoms with Crippen molar-refractivity contribution in [3.8, 4) is 5.75 Å². The average Bonchev–Trinajstić information content (AvgIpc) is 2.74. The molecule has 0 unspecified atom stereocenters. The smallest absolute Gasteiger partial charge is 0.258 e. The average molecular weight is 425 g/mol. The minimum absolute atomic E-state index is 0.125. The summed E-state index contributed by atoms with van der Waals surface area (Å²) in [5, 5.41) is 5.47. The molecule has 2 aliphatic heterocycles. The monoisotopic (exact) mass is 425 g/mol. The van der Waals surface area contributed by atoms with E-state index in [-0.39, 0.29) is 23.7 Å². The number of amides is 2. The van der Waals surface area contributed by atoms with Crippen LogP contribution in [-0.2, 0) is 9.59 Å². The van der Waals surface area contributed by atoms with Gasteiger partial charge in [0.25, 0.3) is 5.56 Å². The van der Waals surface area contributed by atoms with Gasteiger partial charge in [0.15, 0.2) is 0 Å². The number of piperidine rings is 1. The van der Waals surface area contributed by atoms with Gasteiger partial charge in [-0.2, -0.15) is 4.98 Å². The lowest BCUT2D eigenvalue weighted by Gasteiger charge is -2.32. The Labute approximate surface area is 180 Å². The molecule has 1 saturated heterocycles. The van der Waals surface area contributed by atoms with Crippen molar-refractivity contribution in [2.45, 2.75) is 39.0 Å². The summed E-state index contributed by atoms with van der Waals surface area (Å²) in [7, 11) is 0. The maximum atomic E-state index is 13.1. The van der Waals surface area contributed by atoms with Gasteiger partial charge in [-0.3, -0.25) is 19.4 Å². The van der Waals surface area contributed by atoms with Gasteiger partial charge in [-0.1, -0.05) is 19.1 Å². The van der Waals surface area contributed by atoms with Crippen LogP contribution in [0.25, 0.3) is 0 Å². The first kappa shape index (κ1) is 20.9. The van der Waals surface area contributed by atoms with Crippen LogP contribution in [0.4, 0.5) is 17.5 Å². The fourth-order valence-electron chi connectivity index (χ4n) is 4.19. The Morgan fingerprint density at radius 3 is 2.90 bits per heavy atom. The van der Waals surface area contributed by atoms with Gasteiger partial charge in [0.2, 0.25) is 17.8 Å². The number of ether oxygens (including phenoxy) is 1. The molecule has 2 aromatic rings. The number of fused-ring (bicyclic) bond motifs is 1. The lowest BCUT2D eigenvalue weighted by Crippen LogP contribution is -2.40. The summed E-state index contributed by atoms with van der Waals surface area (Å²) in [5.74, 6) is -0.125. The van der Waals surface area contributed by atoms with Crippen molar-refractivity contribution in [3.05, 3.63) is 40.2 Å². The number of hydrogen-bond donors (Lipinski definition) is 3. The van der Waals surface area contributed by atoms with Crippen LogP contribution in [-0.4, -0.2) is 41.5 Å². The van der Waals surface area contributed by atoms with Crippen LogP contribution in [0.3, 0.4) is 0 Å². The molecule has 0 saturated carbocycles. The number of H-pyrrole nitrogens is 1. The Bertz CT molecular complexity index is 1050. The number of anilines is 3. The van der Waals surface area contributed by atoms with Gasteiger partial charge in [0.1, 0.15) is 11.6 Å². The molecule has 0 aliphatic carbocycles. The Kier molecular flexibility index (Phi) is 5.92. The second-order valence-electron chi connectivity index (χ2n) is 8.07. The predicted molar refractivity (Wildman–Crippen MR) is 118 cm³/mol. The number of nitrogens with zero attached hydrogens (tertiary/aromatic N) is 2. The number of carbonyl (C=O) groups is 2. The van der Waals surface area contributed by atoms with Crippen molar-refractivity contribution in [1.29, 1.82) is 0 Å². The van der Waals surface area contributed by atoms with Crippen molar-refractivity contribution in [1.82, 2.24) is 9.97 Å². The van der Waals surface area contributed by atoms with Crippen molar-refractivity contribution < 1.29 is 14.3 Å².